The van der Waals surface area contributed by atoms with Crippen LogP contribution in [-0.2, 0) is 0 Å². The Morgan fingerprint density at radius 1 is 1.21 bits per heavy atom. The molecule has 0 spiro atoms. The van der Waals surface area contributed by atoms with Gasteiger partial charge in [-0.05, 0) is 52.8 Å². The van der Waals surface area contributed by atoms with Crippen molar-refractivity contribution in [3.05, 3.63) is 40.6 Å². The fourth-order valence-electron chi connectivity index (χ4n) is 1.45. The van der Waals surface area contributed by atoms with Crippen molar-refractivity contribution in [3.63, 3.8) is 0 Å². The van der Waals surface area contributed by atoms with E-state index in [1.165, 1.54) is 21.6 Å². The number of benzene rings is 1. The van der Waals surface area contributed by atoms with Crippen molar-refractivity contribution in [2.24, 2.45) is 0 Å². The van der Waals surface area contributed by atoms with Crippen LogP contribution in [0.3, 0.4) is 0 Å². The second-order valence-corrected chi connectivity index (χ2v) is 4.84. The summed E-state index contributed by atoms with van der Waals surface area (Å²) in [6, 6.07) is 8.81. The molecule has 0 bridgehead atoms. The summed E-state index contributed by atoms with van der Waals surface area (Å²) in [7, 11) is 0. The summed E-state index contributed by atoms with van der Waals surface area (Å²) in [5.41, 5.74) is 4.01. The first kappa shape index (κ1) is 9.81. The van der Waals surface area contributed by atoms with Crippen LogP contribution in [0.15, 0.2) is 39.9 Å². The summed E-state index contributed by atoms with van der Waals surface area (Å²) in [4.78, 5) is 1.36. The maximum atomic E-state index is 2.25. The Morgan fingerprint density at radius 3 is 2.71 bits per heavy atom. The normalized spacial score (nSPS) is 10.4. The van der Waals surface area contributed by atoms with E-state index in [0.29, 0.717) is 0 Å². The van der Waals surface area contributed by atoms with E-state index in [2.05, 4.69) is 48.2 Å². The molecule has 1 aromatic carbocycles. The topological polar surface area (TPSA) is 0 Å². The molecule has 2 rings (SSSR count). The van der Waals surface area contributed by atoms with Gasteiger partial charge in [-0.15, -0.1) is 11.8 Å². The fraction of sp³-hybridized carbons (Fsp3) is 0.167. The second kappa shape index (κ2) is 4.20. The zero-order chi connectivity index (χ0) is 9.97. The van der Waals surface area contributed by atoms with E-state index in [0.717, 1.165) is 0 Å². The zero-order valence-corrected chi connectivity index (χ0v) is 9.91. The van der Waals surface area contributed by atoms with Crippen molar-refractivity contribution in [3.8, 4) is 11.1 Å². The first-order valence-electron chi connectivity index (χ1n) is 4.48. The van der Waals surface area contributed by atoms with E-state index >= 15 is 0 Å². The monoisotopic (exact) mass is 220 g/mol. The van der Waals surface area contributed by atoms with Crippen molar-refractivity contribution < 1.29 is 0 Å². The van der Waals surface area contributed by atoms with Crippen LogP contribution in [0.25, 0.3) is 11.1 Å². The molecule has 2 aromatic rings. The molecule has 14 heavy (non-hydrogen) atoms. The van der Waals surface area contributed by atoms with Gasteiger partial charge in [-0.2, -0.15) is 11.3 Å². The molecule has 0 N–H and O–H groups in total. The molecule has 0 nitrogen and oxygen atoms in total. The van der Waals surface area contributed by atoms with Crippen molar-refractivity contribution in [2.75, 3.05) is 6.26 Å². The van der Waals surface area contributed by atoms with Gasteiger partial charge in [0.1, 0.15) is 0 Å². The molecule has 0 unspecified atom stereocenters. The smallest absolute Gasteiger partial charge is 0.0151 e. The predicted molar refractivity (Wildman–Crippen MR) is 66.3 cm³/mol. The Morgan fingerprint density at radius 2 is 2.07 bits per heavy atom. The Kier molecular flexibility index (Phi) is 2.94. The Balaban J connectivity index is 2.53. The third-order valence-electron chi connectivity index (χ3n) is 2.19. The van der Waals surface area contributed by atoms with E-state index in [1.54, 1.807) is 11.3 Å². The molecule has 0 saturated heterocycles. The van der Waals surface area contributed by atoms with Gasteiger partial charge in [-0.25, -0.2) is 0 Å². The van der Waals surface area contributed by atoms with E-state index in [4.69, 9.17) is 0 Å². The average Bonchev–Trinajstić information content (AvgIpc) is 2.70. The van der Waals surface area contributed by atoms with Crippen molar-refractivity contribution in [2.45, 2.75) is 11.8 Å². The van der Waals surface area contributed by atoms with Crippen molar-refractivity contribution >= 4 is 23.1 Å². The van der Waals surface area contributed by atoms with Gasteiger partial charge in [-0.3, -0.25) is 0 Å². The van der Waals surface area contributed by atoms with Crippen molar-refractivity contribution in [1.29, 1.82) is 0 Å². The first-order valence-corrected chi connectivity index (χ1v) is 6.65. The fourth-order valence-corrected chi connectivity index (χ4v) is 2.82. The van der Waals surface area contributed by atoms with Crippen LogP contribution < -0.4 is 0 Å². The highest BCUT2D eigenvalue weighted by Gasteiger charge is 2.04. The number of thiophene rings is 1. The minimum Gasteiger partial charge on any atom is -0.152 e. The molecule has 0 atom stereocenters. The van der Waals surface area contributed by atoms with Crippen LogP contribution in [-0.4, -0.2) is 6.26 Å². The van der Waals surface area contributed by atoms with Crippen LogP contribution in [0.2, 0.25) is 0 Å². The lowest BCUT2D eigenvalue weighted by Crippen LogP contribution is -1.81. The number of thioether (sulfide) groups is 1. The molecule has 0 fully saturated rings. The van der Waals surface area contributed by atoms with Gasteiger partial charge in [0, 0.05) is 4.90 Å². The second-order valence-electron chi connectivity index (χ2n) is 3.22. The van der Waals surface area contributed by atoms with Crippen LogP contribution in [0, 0.1) is 6.92 Å². The van der Waals surface area contributed by atoms with Crippen LogP contribution in [0.5, 0.6) is 0 Å². The minimum atomic E-state index is 1.33. The molecule has 72 valence electrons. The summed E-state index contributed by atoms with van der Waals surface area (Å²) >= 11 is 3.56. The van der Waals surface area contributed by atoms with Crippen LogP contribution >= 0.6 is 23.1 Å². The highest BCUT2D eigenvalue weighted by Crippen LogP contribution is 2.32. The molecule has 1 aromatic heterocycles. The summed E-state index contributed by atoms with van der Waals surface area (Å²) in [6.07, 6.45) is 2.13. The van der Waals surface area contributed by atoms with Gasteiger partial charge in [0.25, 0.3) is 0 Å². The van der Waals surface area contributed by atoms with Gasteiger partial charge in [0.15, 0.2) is 0 Å². The SMILES string of the molecule is CSc1cc(C)ccc1-c1ccsc1. The summed E-state index contributed by atoms with van der Waals surface area (Å²) in [5, 5.41) is 4.32. The Bertz CT molecular complexity index is 416. The third-order valence-corrected chi connectivity index (χ3v) is 3.65. The Hall–Kier alpha value is -0.730. The molecular formula is C12H12S2. The number of rotatable bonds is 2. The van der Waals surface area contributed by atoms with Crippen LogP contribution in [0.4, 0.5) is 0 Å². The quantitative estimate of drug-likeness (QED) is 0.674. The first-order chi connectivity index (χ1) is 6.81. The summed E-state index contributed by atoms with van der Waals surface area (Å²) in [6.45, 7) is 2.14. The summed E-state index contributed by atoms with van der Waals surface area (Å²) < 4.78 is 0. The highest BCUT2D eigenvalue weighted by atomic mass is 32.2. The van der Waals surface area contributed by atoms with Crippen LogP contribution in [0.1, 0.15) is 5.56 Å². The molecule has 0 aliphatic rings. The van der Waals surface area contributed by atoms with Crippen molar-refractivity contribution in [1.82, 2.24) is 0 Å². The standard InChI is InChI=1S/C12H12S2/c1-9-3-4-11(12(7-9)13-2)10-5-6-14-8-10/h3-8H,1-2H3. The number of hydrogen-bond acceptors (Lipinski definition) is 2. The Labute approximate surface area is 93.0 Å². The number of hydrogen-bond donors (Lipinski definition) is 0. The third kappa shape index (κ3) is 1.86. The number of aryl methyl sites for hydroxylation is 1. The highest BCUT2D eigenvalue weighted by molar-refractivity contribution is 7.98. The van der Waals surface area contributed by atoms with E-state index in [9.17, 15) is 0 Å². The van der Waals surface area contributed by atoms with E-state index < -0.39 is 0 Å². The molecule has 1 heterocycles. The molecule has 0 saturated carbocycles. The largest absolute Gasteiger partial charge is 0.152 e. The summed E-state index contributed by atoms with van der Waals surface area (Å²) in [5.74, 6) is 0. The predicted octanol–water partition coefficient (Wildman–Crippen LogP) is 4.45. The maximum Gasteiger partial charge on any atom is 0.0151 e. The van der Waals surface area contributed by atoms with Gasteiger partial charge >= 0.3 is 0 Å². The van der Waals surface area contributed by atoms with Gasteiger partial charge in [-0.1, -0.05) is 12.1 Å². The molecule has 0 aliphatic heterocycles. The lowest BCUT2D eigenvalue weighted by atomic mass is 10.1. The zero-order valence-electron chi connectivity index (χ0n) is 8.28. The minimum absolute atomic E-state index is 1.33. The van der Waals surface area contributed by atoms with Gasteiger partial charge < -0.3 is 0 Å². The molecule has 0 aliphatic carbocycles. The molecule has 2 heteroatoms. The van der Waals surface area contributed by atoms with E-state index in [-0.39, 0.29) is 0 Å². The molecular weight excluding hydrogens is 208 g/mol. The lowest BCUT2D eigenvalue weighted by Gasteiger charge is -2.06. The van der Waals surface area contributed by atoms with E-state index in [1.807, 2.05) is 11.8 Å². The average molecular weight is 220 g/mol. The maximum absolute atomic E-state index is 2.25. The molecule has 0 amide bonds. The lowest BCUT2D eigenvalue weighted by molar-refractivity contribution is 1.36. The van der Waals surface area contributed by atoms with Gasteiger partial charge in [0.05, 0.1) is 0 Å². The molecule has 0 radical (unpaired) electrons. The van der Waals surface area contributed by atoms with Gasteiger partial charge in [0.2, 0.25) is 0 Å².